The number of benzene rings is 2. The van der Waals surface area contributed by atoms with Gasteiger partial charge in [-0.25, -0.2) is 0 Å². The van der Waals surface area contributed by atoms with Crippen molar-refractivity contribution in [3.05, 3.63) is 55.9 Å². The zero-order chi connectivity index (χ0) is 12.4. The number of rotatable bonds is 2. The molecule has 0 aromatic heterocycles. The quantitative estimate of drug-likeness (QED) is 0.625. The van der Waals surface area contributed by atoms with E-state index in [-0.39, 0.29) is 0 Å². The minimum absolute atomic E-state index is 0.458. The molecule has 0 amide bonds. The molecule has 0 N–H and O–H groups in total. The fourth-order valence-electron chi connectivity index (χ4n) is 1.23. The summed E-state index contributed by atoms with van der Waals surface area (Å²) in [5, 5.41) is 1.66. The predicted octanol–water partition coefficient (Wildman–Crippen LogP) is 6.20. The zero-order valence-electron chi connectivity index (χ0n) is 8.38. The lowest BCUT2D eigenvalue weighted by atomic mass is 10.3. The molecular weight excluding hydrogens is 346 g/mol. The van der Waals surface area contributed by atoms with E-state index in [1.54, 1.807) is 36.4 Å². The van der Waals surface area contributed by atoms with Crippen molar-refractivity contribution in [2.45, 2.75) is 0 Å². The Balaban J connectivity index is 2.31. The number of hydrogen-bond donors (Lipinski definition) is 0. The highest BCUT2D eigenvalue weighted by atomic mass is 79.9. The van der Waals surface area contributed by atoms with Crippen LogP contribution in [-0.2, 0) is 0 Å². The minimum atomic E-state index is 0.458. The van der Waals surface area contributed by atoms with Crippen LogP contribution in [0.3, 0.4) is 0 Å². The summed E-state index contributed by atoms with van der Waals surface area (Å²) in [5.74, 6) is 1.18. The van der Waals surface area contributed by atoms with Crippen LogP contribution in [0.4, 0.5) is 0 Å². The molecule has 0 aliphatic carbocycles. The Morgan fingerprint density at radius 2 is 1.41 bits per heavy atom. The van der Waals surface area contributed by atoms with Gasteiger partial charge in [0.25, 0.3) is 0 Å². The van der Waals surface area contributed by atoms with Crippen molar-refractivity contribution < 1.29 is 4.74 Å². The van der Waals surface area contributed by atoms with Crippen molar-refractivity contribution in [2.24, 2.45) is 0 Å². The maximum atomic E-state index is 6.01. The average molecular weight is 352 g/mol. The van der Waals surface area contributed by atoms with Crippen LogP contribution in [0.2, 0.25) is 15.1 Å². The molecule has 5 heteroatoms. The van der Waals surface area contributed by atoms with Crippen LogP contribution in [-0.4, -0.2) is 0 Å². The Morgan fingerprint density at radius 3 is 2.00 bits per heavy atom. The fraction of sp³-hybridized carbons (Fsp3) is 0. The summed E-state index contributed by atoms with van der Waals surface area (Å²) in [6, 6.07) is 10.3. The first-order valence-electron chi connectivity index (χ1n) is 4.64. The second kappa shape index (κ2) is 5.49. The fourth-order valence-corrected chi connectivity index (χ4v) is 2.45. The van der Waals surface area contributed by atoms with Gasteiger partial charge in [-0.1, -0.05) is 34.8 Å². The maximum absolute atomic E-state index is 6.01. The third-order valence-electron chi connectivity index (χ3n) is 2.01. The highest BCUT2D eigenvalue weighted by molar-refractivity contribution is 9.10. The maximum Gasteiger partial charge on any atom is 0.146 e. The Hall–Kier alpha value is -0.410. The van der Waals surface area contributed by atoms with Crippen molar-refractivity contribution >= 4 is 50.7 Å². The normalized spacial score (nSPS) is 10.4. The van der Waals surface area contributed by atoms with Crippen LogP contribution in [0, 0.1) is 0 Å². The lowest BCUT2D eigenvalue weighted by Gasteiger charge is -2.09. The first kappa shape index (κ1) is 13.0. The van der Waals surface area contributed by atoms with Crippen LogP contribution < -0.4 is 4.74 Å². The van der Waals surface area contributed by atoms with E-state index in [9.17, 15) is 0 Å². The Bertz CT molecular complexity index is 508. The van der Waals surface area contributed by atoms with Crippen LogP contribution in [0.5, 0.6) is 11.5 Å². The largest absolute Gasteiger partial charge is 0.455 e. The SMILES string of the molecule is Clc1ccc(Oc2ccc(Cl)cc2Br)c(Cl)c1. The highest BCUT2D eigenvalue weighted by Crippen LogP contribution is 2.35. The molecule has 2 rings (SSSR count). The first-order chi connectivity index (χ1) is 8.06. The van der Waals surface area contributed by atoms with E-state index >= 15 is 0 Å². The number of ether oxygens (including phenoxy) is 1. The van der Waals surface area contributed by atoms with Gasteiger partial charge < -0.3 is 4.74 Å². The first-order valence-corrected chi connectivity index (χ1v) is 6.57. The van der Waals surface area contributed by atoms with Gasteiger partial charge in [0.2, 0.25) is 0 Å². The second-order valence-electron chi connectivity index (χ2n) is 3.25. The predicted molar refractivity (Wildman–Crippen MR) is 75.7 cm³/mol. The molecule has 0 saturated carbocycles. The summed E-state index contributed by atoms with van der Waals surface area (Å²) in [6.07, 6.45) is 0. The van der Waals surface area contributed by atoms with Gasteiger partial charge in [-0.05, 0) is 52.3 Å². The molecule has 0 spiro atoms. The van der Waals surface area contributed by atoms with Crippen LogP contribution in [0.25, 0.3) is 0 Å². The second-order valence-corrected chi connectivity index (χ2v) is 5.39. The molecule has 88 valence electrons. The van der Waals surface area contributed by atoms with Gasteiger partial charge in [0, 0.05) is 10.0 Å². The summed E-state index contributed by atoms with van der Waals surface area (Å²) in [4.78, 5) is 0. The summed E-state index contributed by atoms with van der Waals surface area (Å²) < 4.78 is 6.41. The van der Waals surface area contributed by atoms with E-state index in [0.717, 1.165) is 4.47 Å². The molecule has 2 aromatic carbocycles. The topological polar surface area (TPSA) is 9.23 Å². The molecule has 0 unspecified atom stereocenters. The monoisotopic (exact) mass is 350 g/mol. The van der Waals surface area contributed by atoms with Crippen LogP contribution in [0.15, 0.2) is 40.9 Å². The van der Waals surface area contributed by atoms with Gasteiger partial charge in [-0.3, -0.25) is 0 Å². The molecule has 1 nitrogen and oxygen atoms in total. The molecule has 0 atom stereocenters. The molecule has 0 heterocycles. The van der Waals surface area contributed by atoms with E-state index in [0.29, 0.717) is 26.6 Å². The number of hydrogen-bond acceptors (Lipinski definition) is 1. The summed E-state index contributed by atoms with van der Waals surface area (Å²) in [6.45, 7) is 0. The lowest BCUT2D eigenvalue weighted by Crippen LogP contribution is -1.86. The Labute approximate surface area is 122 Å². The van der Waals surface area contributed by atoms with E-state index in [2.05, 4.69) is 15.9 Å². The average Bonchev–Trinajstić information content (AvgIpc) is 2.25. The minimum Gasteiger partial charge on any atom is -0.455 e. The standard InChI is InChI=1S/C12H6BrCl3O/c13-9-5-7(14)1-3-11(9)17-12-4-2-8(15)6-10(12)16/h1-6H. The van der Waals surface area contributed by atoms with E-state index in [1.807, 2.05) is 0 Å². The third-order valence-corrected chi connectivity index (χ3v) is 3.39. The molecule has 17 heavy (non-hydrogen) atoms. The van der Waals surface area contributed by atoms with Crippen molar-refractivity contribution in [1.29, 1.82) is 0 Å². The van der Waals surface area contributed by atoms with E-state index in [1.165, 1.54) is 0 Å². The lowest BCUT2D eigenvalue weighted by molar-refractivity contribution is 0.480. The van der Waals surface area contributed by atoms with Gasteiger partial charge in [-0.15, -0.1) is 0 Å². The van der Waals surface area contributed by atoms with Crippen molar-refractivity contribution in [1.82, 2.24) is 0 Å². The Morgan fingerprint density at radius 1 is 0.824 bits per heavy atom. The van der Waals surface area contributed by atoms with Crippen molar-refractivity contribution in [2.75, 3.05) is 0 Å². The van der Waals surface area contributed by atoms with Gasteiger partial charge in [0.05, 0.1) is 9.50 Å². The molecule has 0 fully saturated rings. The highest BCUT2D eigenvalue weighted by Gasteiger charge is 2.07. The van der Waals surface area contributed by atoms with Gasteiger partial charge in [0.1, 0.15) is 11.5 Å². The van der Waals surface area contributed by atoms with Gasteiger partial charge in [0.15, 0.2) is 0 Å². The van der Waals surface area contributed by atoms with E-state index in [4.69, 9.17) is 39.5 Å². The molecule has 0 aliphatic rings. The summed E-state index contributed by atoms with van der Waals surface area (Å²) in [5.41, 5.74) is 0. The third kappa shape index (κ3) is 3.29. The van der Waals surface area contributed by atoms with Crippen LogP contribution >= 0.6 is 50.7 Å². The molecular formula is C12H6BrCl3O. The summed E-state index contributed by atoms with van der Waals surface area (Å²) in [7, 11) is 0. The smallest absolute Gasteiger partial charge is 0.146 e. The molecule has 0 radical (unpaired) electrons. The molecule has 2 aromatic rings. The molecule has 0 saturated heterocycles. The van der Waals surface area contributed by atoms with Crippen LogP contribution in [0.1, 0.15) is 0 Å². The molecule has 0 aliphatic heterocycles. The number of halogens is 4. The Kier molecular flexibility index (Phi) is 4.21. The van der Waals surface area contributed by atoms with Gasteiger partial charge >= 0.3 is 0 Å². The summed E-state index contributed by atoms with van der Waals surface area (Å²) >= 11 is 21.0. The van der Waals surface area contributed by atoms with Crippen molar-refractivity contribution in [3.8, 4) is 11.5 Å². The zero-order valence-corrected chi connectivity index (χ0v) is 12.2. The van der Waals surface area contributed by atoms with Gasteiger partial charge in [-0.2, -0.15) is 0 Å². The van der Waals surface area contributed by atoms with E-state index < -0.39 is 0 Å². The van der Waals surface area contributed by atoms with Crippen molar-refractivity contribution in [3.63, 3.8) is 0 Å². The molecule has 0 bridgehead atoms.